The van der Waals surface area contributed by atoms with Crippen LogP contribution in [0.1, 0.15) is 10.4 Å². The zero-order chi connectivity index (χ0) is 23.6. The molecule has 4 rings (SSSR count). The maximum absolute atomic E-state index is 13.4. The number of rotatable bonds is 6. The van der Waals surface area contributed by atoms with Crippen molar-refractivity contribution < 1.29 is 22.7 Å². The van der Waals surface area contributed by atoms with Gasteiger partial charge in [0.2, 0.25) is 0 Å². The summed E-state index contributed by atoms with van der Waals surface area (Å²) in [6.07, 6.45) is 0. The highest BCUT2D eigenvalue weighted by molar-refractivity contribution is 7.92. The van der Waals surface area contributed by atoms with Gasteiger partial charge in [0, 0.05) is 31.9 Å². The Hall–Kier alpha value is -3.30. The zero-order valence-electron chi connectivity index (χ0n) is 17.4. The summed E-state index contributed by atoms with van der Waals surface area (Å²) < 4.78 is 40.9. The Morgan fingerprint density at radius 1 is 0.909 bits per heavy atom. The van der Waals surface area contributed by atoms with E-state index < -0.39 is 21.8 Å². The number of carboxylic acid groups (broad SMARTS) is 1. The summed E-state index contributed by atoms with van der Waals surface area (Å²) in [4.78, 5) is 15.8. The number of hydrogen-bond donors (Lipinski definition) is 2. The number of nitrogens with zero attached hydrogens (tertiary/aromatic N) is 2. The summed E-state index contributed by atoms with van der Waals surface area (Å²) >= 11 is 6.29. The topological polar surface area (TPSA) is 89.9 Å². The number of para-hydroxylation sites is 1. The highest BCUT2D eigenvalue weighted by Crippen LogP contribution is 2.30. The van der Waals surface area contributed by atoms with E-state index in [0.717, 1.165) is 17.8 Å². The summed E-state index contributed by atoms with van der Waals surface area (Å²) in [5.41, 5.74) is 1.48. The lowest BCUT2D eigenvalue weighted by atomic mass is 10.1. The minimum absolute atomic E-state index is 0.0272. The largest absolute Gasteiger partial charge is 0.478 e. The predicted octanol–water partition coefficient (Wildman–Crippen LogP) is 4.30. The molecule has 0 atom stereocenters. The van der Waals surface area contributed by atoms with E-state index in [1.807, 2.05) is 29.2 Å². The molecule has 1 heterocycles. The number of carboxylic acids is 1. The standard InChI is InChI=1S/C23H21ClFN3O4S/c24-20-6-1-2-7-22(20)28-12-10-27(11-13-28)21-9-8-17(15-19(21)23(29)30)26-33(31,32)18-5-3-4-16(25)14-18/h1-9,14-15,26H,10-13H2,(H,29,30). The van der Waals surface area contributed by atoms with Crippen molar-refractivity contribution in [3.8, 4) is 0 Å². The second-order valence-electron chi connectivity index (χ2n) is 7.53. The number of benzene rings is 3. The molecule has 1 saturated heterocycles. The van der Waals surface area contributed by atoms with Crippen molar-refractivity contribution in [2.45, 2.75) is 4.90 Å². The summed E-state index contributed by atoms with van der Waals surface area (Å²) in [6.45, 7) is 2.44. The van der Waals surface area contributed by atoms with Gasteiger partial charge >= 0.3 is 5.97 Å². The van der Waals surface area contributed by atoms with E-state index in [1.165, 1.54) is 24.3 Å². The third kappa shape index (κ3) is 5.04. The highest BCUT2D eigenvalue weighted by atomic mass is 35.5. The maximum atomic E-state index is 13.4. The van der Waals surface area contributed by atoms with Crippen LogP contribution in [0.3, 0.4) is 0 Å². The quantitative estimate of drug-likeness (QED) is 0.536. The molecule has 0 unspecified atom stereocenters. The molecule has 0 amide bonds. The van der Waals surface area contributed by atoms with Gasteiger partial charge < -0.3 is 14.9 Å². The summed E-state index contributed by atoms with van der Waals surface area (Å²) in [5.74, 6) is -1.86. The first kappa shape index (κ1) is 22.9. The lowest BCUT2D eigenvalue weighted by Gasteiger charge is -2.38. The molecule has 172 valence electrons. The minimum atomic E-state index is -4.07. The van der Waals surface area contributed by atoms with Crippen molar-refractivity contribution in [3.63, 3.8) is 0 Å². The molecule has 3 aromatic carbocycles. The number of aromatic carboxylic acids is 1. The number of piperazine rings is 1. The van der Waals surface area contributed by atoms with E-state index in [4.69, 9.17) is 11.6 Å². The van der Waals surface area contributed by atoms with Gasteiger partial charge in [-0.15, -0.1) is 0 Å². The van der Waals surface area contributed by atoms with Crippen LogP contribution < -0.4 is 14.5 Å². The van der Waals surface area contributed by atoms with Gasteiger partial charge in [-0.3, -0.25) is 4.72 Å². The maximum Gasteiger partial charge on any atom is 0.337 e. The van der Waals surface area contributed by atoms with Gasteiger partial charge in [-0.2, -0.15) is 0 Å². The predicted molar refractivity (Wildman–Crippen MR) is 126 cm³/mol. The average molecular weight is 490 g/mol. The Balaban J connectivity index is 1.53. The fraction of sp³-hybridized carbons (Fsp3) is 0.174. The molecule has 0 saturated carbocycles. The molecule has 0 aliphatic carbocycles. The van der Waals surface area contributed by atoms with E-state index in [-0.39, 0.29) is 16.1 Å². The third-order valence-electron chi connectivity index (χ3n) is 5.40. The van der Waals surface area contributed by atoms with Crippen molar-refractivity contribution in [2.24, 2.45) is 0 Å². The van der Waals surface area contributed by atoms with Crippen LogP contribution in [0.2, 0.25) is 5.02 Å². The molecule has 3 aromatic rings. The van der Waals surface area contributed by atoms with E-state index >= 15 is 0 Å². The number of nitrogens with one attached hydrogen (secondary N) is 1. The van der Waals surface area contributed by atoms with E-state index in [2.05, 4.69) is 9.62 Å². The van der Waals surface area contributed by atoms with Crippen molar-refractivity contribution in [1.29, 1.82) is 0 Å². The van der Waals surface area contributed by atoms with Gasteiger partial charge in [-0.05, 0) is 48.5 Å². The van der Waals surface area contributed by atoms with Crippen molar-refractivity contribution in [3.05, 3.63) is 83.1 Å². The Bertz CT molecular complexity index is 1290. The number of anilines is 3. The number of hydrogen-bond acceptors (Lipinski definition) is 5. The van der Waals surface area contributed by atoms with Crippen LogP contribution in [0.4, 0.5) is 21.5 Å². The molecule has 0 spiro atoms. The monoisotopic (exact) mass is 489 g/mol. The van der Waals surface area contributed by atoms with Gasteiger partial charge in [0.15, 0.2) is 0 Å². The third-order valence-corrected chi connectivity index (χ3v) is 7.10. The van der Waals surface area contributed by atoms with Crippen LogP contribution in [0.5, 0.6) is 0 Å². The molecule has 1 aliphatic heterocycles. The molecule has 0 aromatic heterocycles. The van der Waals surface area contributed by atoms with E-state index in [1.54, 1.807) is 6.07 Å². The Morgan fingerprint density at radius 3 is 2.21 bits per heavy atom. The van der Waals surface area contributed by atoms with Gasteiger partial charge in [-0.1, -0.05) is 29.8 Å². The van der Waals surface area contributed by atoms with Crippen LogP contribution in [-0.4, -0.2) is 45.7 Å². The van der Waals surface area contributed by atoms with Crippen LogP contribution in [0.15, 0.2) is 71.6 Å². The van der Waals surface area contributed by atoms with Gasteiger partial charge in [0.25, 0.3) is 10.0 Å². The number of halogens is 2. The van der Waals surface area contributed by atoms with Gasteiger partial charge in [0.1, 0.15) is 5.82 Å². The second-order valence-corrected chi connectivity index (χ2v) is 9.62. The average Bonchev–Trinajstić information content (AvgIpc) is 2.79. The molecule has 7 nitrogen and oxygen atoms in total. The number of carbonyl (C=O) groups is 1. The van der Waals surface area contributed by atoms with Crippen molar-refractivity contribution in [2.75, 3.05) is 40.7 Å². The van der Waals surface area contributed by atoms with Crippen LogP contribution in [0.25, 0.3) is 0 Å². The van der Waals surface area contributed by atoms with E-state index in [0.29, 0.717) is 36.9 Å². The normalized spacial score (nSPS) is 14.2. The first-order chi connectivity index (χ1) is 15.7. The summed E-state index contributed by atoms with van der Waals surface area (Å²) in [6, 6.07) is 16.5. The Morgan fingerprint density at radius 2 is 1.58 bits per heavy atom. The summed E-state index contributed by atoms with van der Waals surface area (Å²) in [5, 5.41) is 10.4. The molecule has 33 heavy (non-hydrogen) atoms. The minimum Gasteiger partial charge on any atom is -0.478 e. The molecular weight excluding hydrogens is 469 g/mol. The van der Waals surface area contributed by atoms with Crippen LogP contribution in [-0.2, 0) is 10.0 Å². The van der Waals surface area contributed by atoms with Gasteiger partial charge in [-0.25, -0.2) is 17.6 Å². The van der Waals surface area contributed by atoms with Crippen molar-refractivity contribution >= 4 is 44.7 Å². The smallest absolute Gasteiger partial charge is 0.337 e. The van der Waals surface area contributed by atoms with Crippen LogP contribution in [0, 0.1) is 5.82 Å². The second kappa shape index (κ2) is 9.29. The molecule has 0 bridgehead atoms. The van der Waals surface area contributed by atoms with Crippen molar-refractivity contribution in [1.82, 2.24) is 0 Å². The Kier molecular flexibility index (Phi) is 6.44. The zero-order valence-corrected chi connectivity index (χ0v) is 19.0. The van der Waals surface area contributed by atoms with Crippen LogP contribution >= 0.6 is 11.6 Å². The SMILES string of the molecule is O=C(O)c1cc(NS(=O)(=O)c2cccc(F)c2)ccc1N1CCN(c2ccccc2Cl)CC1. The lowest BCUT2D eigenvalue weighted by molar-refractivity contribution is 0.0697. The fourth-order valence-electron chi connectivity index (χ4n) is 3.79. The lowest BCUT2D eigenvalue weighted by Crippen LogP contribution is -2.47. The first-order valence-corrected chi connectivity index (χ1v) is 12.0. The van der Waals surface area contributed by atoms with E-state index in [9.17, 15) is 22.7 Å². The first-order valence-electron chi connectivity index (χ1n) is 10.1. The number of sulfonamides is 1. The molecule has 10 heteroatoms. The molecule has 2 N–H and O–H groups in total. The molecule has 0 radical (unpaired) electrons. The van der Waals surface area contributed by atoms with Gasteiger partial charge in [0.05, 0.1) is 26.9 Å². The highest BCUT2D eigenvalue weighted by Gasteiger charge is 2.24. The molecular formula is C23H21ClFN3O4S. The molecule has 1 fully saturated rings. The fourth-order valence-corrected chi connectivity index (χ4v) is 5.13. The summed E-state index contributed by atoms with van der Waals surface area (Å²) in [7, 11) is -4.07. The Labute approximate surface area is 196 Å². The molecule has 1 aliphatic rings.